The first kappa shape index (κ1) is 16.4. The van der Waals surface area contributed by atoms with Crippen molar-refractivity contribution in [1.82, 2.24) is 9.21 Å². The first-order valence-electron chi connectivity index (χ1n) is 6.92. The van der Waals surface area contributed by atoms with Crippen molar-refractivity contribution in [2.24, 2.45) is 5.92 Å². The fourth-order valence-corrected chi connectivity index (χ4v) is 3.67. The number of hydrogen-bond donors (Lipinski definition) is 0. The Morgan fingerprint density at radius 3 is 2.16 bits per heavy atom. The van der Waals surface area contributed by atoms with E-state index in [0.717, 1.165) is 12.8 Å². The van der Waals surface area contributed by atoms with Crippen LogP contribution in [-0.4, -0.2) is 55.0 Å². The molecule has 0 spiro atoms. The van der Waals surface area contributed by atoms with Crippen molar-refractivity contribution in [1.29, 1.82) is 0 Å². The highest BCUT2D eigenvalue weighted by atomic mass is 32.2. The summed E-state index contributed by atoms with van der Waals surface area (Å²) in [7, 11) is -3.20. The van der Waals surface area contributed by atoms with Crippen LogP contribution in [0.1, 0.15) is 40.5 Å². The highest BCUT2D eigenvalue weighted by Gasteiger charge is 2.34. The van der Waals surface area contributed by atoms with Crippen LogP contribution < -0.4 is 0 Å². The molecule has 5 nitrogen and oxygen atoms in total. The van der Waals surface area contributed by atoms with Crippen LogP contribution >= 0.6 is 0 Å². The molecule has 0 aliphatic carbocycles. The molecular weight excluding hydrogens is 264 g/mol. The molecule has 0 radical (unpaired) electrons. The van der Waals surface area contributed by atoms with Gasteiger partial charge in [0.25, 0.3) is 0 Å². The molecule has 0 unspecified atom stereocenters. The van der Waals surface area contributed by atoms with Gasteiger partial charge in [-0.05, 0) is 40.5 Å². The van der Waals surface area contributed by atoms with Crippen LogP contribution in [0.15, 0.2) is 0 Å². The molecule has 1 aliphatic rings. The minimum absolute atomic E-state index is 0.0818. The zero-order chi connectivity index (χ0) is 14.8. The maximum Gasteiger partial charge on any atom is 0.227 e. The SMILES string of the molecule is CC(C)N(C(=O)[C@@H]1CCCN(S(C)(=O)=O)C1)C(C)C. The lowest BCUT2D eigenvalue weighted by Crippen LogP contribution is -2.50. The maximum atomic E-state index is 12.6. The van der Waals surface area contributed by atoms with E-state index in [0.29, 0.717) is 13.1 Å². The van der Waals surface area contributed by atoms with E-state index in [2.05, 4.69) is 0 Å². The molecule has 112 valence electrons. The molecular formula is C13H26N2O3S. The zero-order valence-electron chi connectivity index (χ0n) is 12.6. The quantitative estimate of drug-likeness (QED) is 0.784. The van der Waals surface area contributed by atoms with Crippen molar-refractivity contribution in [3.63, 3.8) is 0 Å². The second kappa shape index (κ2) is 6.22. The van der Waals surface area contributed by atoms with Gasteiger partial charge in [-0.25, -0.2) is 12.7 Å². The van der Waals surface area contributed by atoms with Crippen molar-refractivity contribution in [3.8, 4) is 0 Å². The van der Waals surface area contributed by atoms with Gasteiger partial charge >= 0.3 is 0 Å². The number of sulfonamides is 1. The Kier molecular flexibility index (Phi) is 5.38. The lowest BCUT2D eigenvalue weighted by molar-refractivity contribution is -0.140. The number of rotatable bonds is 4. The molecule has 1 heterocycles. The molecule has 6 heteroatoms. The summed E-state index contributed by atoms with van der Waals surface area (Å²) in [4.78, 5) is 14.4. The van der Waals surface area contributed by atoms with Gasteiger partial charge in [0.2, 0.25) is 15.9 Å². The summed E-state index contributed by atoms with van der Waals surface area (Å²) in [5.74, 6) is -0.119. The third-order valence-corrected chi connectivity index (χ3v) is 4.84. The van der Waals surface area contributed by atoms with Crippen molar-refractivity contribution < 1.29 is 13.2 Å². The molecule has 0 N–H and O–H groups in total. The van der Waals surface area contributed by atoms with E-state index in [1.54, 1.807) is 0 Å². The van der Waals surface area contributed by atoms with Crippen LogP contribution in [-0.2, 0) is 14.8 Å². The van der Waals surface area contributed by atoms with Crippen molar-refractivity contribution in [2.45, 2.75) is 52.6 Å². The smallest absolute Gasteiger partial charge is 0.227 e. The van der Waals surface area contributed by atoms with E-state index in [-0.39, 0.29) is 23.9 Å². The Bertz CT molecular complexity index is 410. The minimum Gasteiger partial charge on any atom is -0.338 e. The fraction of sp³-hybridized carbons (Fsp3) is 0.923. The first-order valence-corrected chi connectivity index (χ1v) is 8.76. The number of piperidine rings is 1. The summed E-state index contributed by atoms with van der Waals surface area (Å²) in [6.45, 7) is 8.84. The predicted octanol–water partition coefficient (Wildman–Crippen LogP) is 1.30. The van der Waals surface area contributed by atoms with Crippen molar-refractivity contribution in [2.75, 3.05) is 19.3 Å². The Labute approximate surface area is 117 Å². The molecule has 19 heavy (non-hydrogen) atoms. The predicted molar refractivity (Wildman–Crippen MR) is 76.3 cm³/mol. The minimum atomic E-state index is -3.20. The van der Waals surface area contributed by atoms with Gasteiger partial charge in [-0.2, -0.15) is 0 Å². The van der Waals surface area contributed by atoms with E-state index in [4.69, 9.17) is 0 Å². The van der Waals surface area contributed by atoms with E-state index in [9.17, 15) is 13.2 Å². The molecule has 1 atom stereocenters. The Hall–Kier alpha value is -0.620. The van der Waals surface area contributed by atoms with Crippen LogP contribution in [0.5, 0.6) is 0 Å². The van der Waals surface area contributed by atoms with Gasteiger partial charge < -0.3 is 4.90 Å². The van der Waals surface area contributed by atoms with E-state index in [1.165, 1.54) is 10.6 Å². The van der Waals surface area contributed by atoms with Gasteiger partial charge in [0, 0.05) is 25.2 Å². The summed E-state index contributed by atoms with van der Waals surface area (Å²) in [5.41, 5.74) is 0. The third-order valence-electron chi connectivity index (χ3n) is 3.57. The topological polar surface area (TPSA) is 57.7 Å². The number of carbonyl (C=O) groups is 1. The normalized spacial score (nSPS) is 21.9. The molecule has 1 rings (SSSR count). The average Bonchev–Trinajstić information content (AvgIpc) is 2.27. The molecule has 1 amide bonds. The monoisotopic (exact) mass is 290 g/mol. The lowest BCUT2D eigenvalue weighted by Gasteiger charge is -2.37. The summed E-state index contributed by atoms with van der Waals surface area (Å²) in [5, 5.41) is 0. The highest BCUT2D eigenvalue weighted by Crippen LogP contribution is 2.22. The van der Waals surface area contributed by atoms with Gasteiger partial charge in [-0.3, -0.25) is 4.79 Å². The molecule has 0 bridgehead atoms. The van der Waals surface area contributed by atoms with Gasteiger partial charge in [0.15, 0.2) is 0 Å². The standard InChI is InChI=1S/C13H26N2O3S/c1-10(2)15(11(3)4)13(16)12-7-6-8-14(9-12)19(5,17)18/h10-12H,6-9H2,1-5H3/t12-/m1/s1. The number of nitrogens with zero attached hydrogens (tertiary/aromatic N) is 2. The fourth-order valence-electron chi connectivity index (χ4n) is 2.76. The Morgan fingerprint density at radius 1 is 1.21 bits per heavy atom. The van der Waals surface area contributed by atoms with E-state index < -0.39 is 10.0 Å². The molecule has 0 saturated carbocycles. The molecule has 0 aromatic heterocycles. The van der Waals surface area contributed by atoms with Gasteiger partial charge in [-0.1, -0.05) is 0 Å². The van der Waals surface area contributed by atoms with E-state index >= 15 is 0 Å². The molecule has 1 saturated heterocycles. The third kappa shape index (κ3) is 4.18. The second-order valence-electron chi connectivity index (χ2n) is 5.89. The highest BCUT2D eigenvalue weighted by molar-refractivity contribution is 7.88. The van der Waals surface area contributed by atoms with Crippen molar-refractivity contribution >= 4 is 15.9 Å². The van der Waals surface area contributed by atoms with Crippen LogP contribution in [0.25, 0.3) is 0 Å². The second-order valence-corrected chi connectivity index (χ2v) is 7.88. The average molecular weight is 290 g/mol. The number of hydrogen-bond acceptors (Lipinski definition) is 3. The molecule has 0 aromatic rings. The van der Waals surface area contributed by atoms with Crippen LogP contribution in [0.3, 0.4) is 0 Å². The number of amides is 1. The lowest BCUT2D eigenvalue weighted by atomic mass is 9.97. The van der Waals surface area contributed by atoms with Gasteiger partial charge in [-0.15, -0.1) is 0 Å². The Balaban J connectivity index is 2.82. The number of carbonyl (C=O) groups excluding carboxylic acids is 1. The van der Waals surface area contributed by atoms with Gasteiger partial charge in [0.05, 0.1) is 12.2 Å². The molecule has 1 fully saturated rings. The molecule has 1 aliphatic heterocycles. The summed E-state index contributed by atoms with van der Waals surface area (Å²) >= 11 is 0. The summed E-state index contributed by atoms with van der Waals surface area (Å²) in [6, 6.07) is 0.280. The van der Waals surface area contributed by atoms with Crippen LogP contribution in [0, 0.1) is 5.92 Å². The maximum absolute atomic E-state index is 12.6. The summed E-state index contributed by atoms with van der Waals surface area (Å²) in [6.07, 6.45) is 2.75. The van der Waals surface area contributed by atoms with Crippen LogP contribution in [0.4, 0.5) is 0 Å². The van der Waals surface area contributed by atoms with Crippen LogP contribution in [0.2, 0.25) is 0 Å². The largest absolute Gasteiger partial charge is 0.338 e. The molecule has 0 aromatic carbocycles. The van der Waals surface area contributed by atoms with E-state index in [1.807, 2.05) is 32.6 Å². The first-order chi connectivity index (χ1) is 8.64. The Morgan fingerprint density at radius 2 is 1.74 bits per heavy atom. The van der Waals surface area contributed by atoms with Crippen molar-refractivity contribution in [3.05, 3.63) is 0 Å². The zero-order valence-corrected chi connectivity index (χ0v) is 13.4. The summed E-state index contributed by atoms with van der Waals surface area (Å²) < 4.78 is 24.6. The van der Waals surface area contributed by atoms with Gasteiger partial charge in [0.1, 0.15) is 0 Å².